The van der Waals surface area contributed by atoms with Crippen molar-refractivity contribution in [3.05, 3.63) is 25.2 Å². The maximum absolute atomic E-state index is 12.2. The van der Waals surface area contributed by atoms with Gasteiger partial charge >= 0.3 is 11.9 Å². The highest BCUT2D eigenvalue weighted by atomic mass is 16.6. The van der Waals surface area contributed by atoms with E-state index in [1.54, 1.807) is 13.8 Å². The minimum Gasteiger partial charge on any atom is -0.465 e. The molecule has 0 radical (unpaired) electrons. The van der Waals surface area contributed by atoms with E-state index < -0.39 is 30.4 Å². The standard InChI is InChI=1S/C13H20O4/c1-5-9-13(10-6-2,11(14)16-7-3)12(15)17-8-4/h5-6H,1-2,7-10H2,3-4H3/i1D2,2D2. The van der Waals surface area contributed by atoms with Crippen LogP contribution in [0.1, 0.15) is 32.2 Å². The number of allylic oxidation sites excluding steroid dienone is 2. The summed E-state index contributed by atoms with van der Waals surface area (Å²) in [7, 11) is 0. The highest BCUT2D eigenvalue weighted by Crippen LogP contribution is 2.31. The van der Waals surface area contributed by atoms with E-state index in [0.717, 1.165) is 12.2 Å². The second-order valence-electron chi connectivity index (χ2n) is 3.34. The Morgan fingerprint density at radius 1 is 1.12 bits per heavy atom. The Labute approximate surface area is 108 Å². The highest BCUT2D eigenvalue weighted by Gasteiger charge is 2.46. The van der Waals surface area contributed by atoms with Gasteiger partial charge in [0.1, 0.15) is 0 Å². The summed E-state index contributed by atoms with van der Waals surface area (Å²) in [6, 6.07) is 0. The van der Waals surface area contributed by atoms with Crippen LogP contribution in [0.25, 0.3) is 0 Å². The second-order valence-corrected chi connectivity index (χ2v) is 3.34. The van der Waals surface area contributed by atoms with Gasteiger partial charge in [0, 0.05) is 0 Å². The molecule has 0 saturated carbocycles. The van der Waals surface area contributed by atoms with E-state index in [0.29, 0.717) is 0 Å². The van der Waals surface area contributed by atoms with Crippen LogP contribution in [0.3, 0.4) is 0 Å². The zero-order valence-electron chi connectivity index (χ0n) is 14.1. The van der Waals surface area contributed by atoms with Crippen molar-refractivity contribution >= 4 is 11.9 Å². The van der Waals surface area contributed by atoms with E-state index in [1.165, 1.54) is 0 Å². The van der Waals surface area contributed by atoms with Crippen molar-refractivity contribution in [3.8, 4) is 0 Å². The third-order valence-electron chi connectivity index (χ3n) is 2.23. The molecule has 0 amide bonds. The Morgan fingerprint density at radius 2 is 1.53 bits per heavy atom. The van der Waals surface area contributed by atoms with Crippen molar-refractivity contribution in [2.75, 3.05) is 13.2 Å². The third-order valence-corrected chi connectivity index (χ3v) is 2.23. The molecule has 0 rings (SSSR count). The van der Waals surface area contributed by atoms with Gasteiger partial charge in [0.25, 0.3) is 0 Å². The van der Waals surface area contributed by atoms with Gasteiger partial charge in [-0.3, -0.25) is 9.59 Å². The van der Waals surface area contributed by atoms with E-state index in [2.05, 4.69) is 0 Å². The van der Waals surface area contributed by atoms with E-state index in [9.17, 15) is 9.59 Å². The maximum Gasteiger partial charge on any atom is 0.324 e. The highest BCUT2D eigenvalue weighted by molar-refractivity contribution is 6.00. The van der Waals surface area contributed by atoms with Crippen molar-refractivity contribution in [2.45, 2.75) is 26.7 Å². The topological polar surface area (TPSA) is 52.6 Å². The molecule has 0 aromatic rings. The van der Waals surface area contributed by atoms with Crippen LogP contribution in [0, 0.1) is 5.41 Å². The third kappa shape index (κ3) is 3.73. The molecule has 0 saturated heterocycles. The number of hydrogen-bond donors (Lipinski definition) is 0. The van der Waals surface area contributed by atoms with Gasteiger partial charge in [0.05, 0.1) is 18.7 Å². The lowest BCUT2D eigenvalue weighted by Gasteiger charge is -2.26. The van der Waals surface area contributed by atoms with E-state index in [-0.39, 0.29) is 26.1 Å². The minimum absolute atomic E-state index is 0.0522. The zero-order valence-corrected chi connectivity index (χ0v) is 10.1. The molecule has 96 valence electrons. The van der Waals surface area contributed by atoms with Gasteiger partial charge in [-0.15, -0.1) is 13.1 Å². The summed E-state index contributed by atoms with van der Waals surface area (Å²) < 4.78 is 38.2. The first kappa shape index (κ1) is 9.45. The monoisotopic (exact) mass is 244 g/mol. The summed E-state index contributed by atoms with van der Waals surface area (Å²) in [6.45, 7) is 2.18. The summed E-state index contributed by atoms with van der Waals surface area (Å²) in [4.78, 5) is 24.4. The molecule has 0 heterocycles. The second kappa shape index (κ2) is 7.65. The average Bonchev–Trinajstić information content (AvgIpc) is 2.39. The average molecular weight is 244 g/mol. The lowest BCUT2D eigenvalue weighted by Crippen LogP contribution is -2.41. The smallest absolute Gasteiger partial charge is 0.324 e. The van der Waals surface area contributed by atoms with Crippen LogP contribution in [0.5, 0.6) is 0 Å². The molecule has 0 aromatic heterocycles. The number of carbonyl (C=O) groups is 2. The van der Waals surface area contributed by atoms with E-state index >= 15 is 0 Å². The Hall–Kier alpha value is -1.58. The number of rotatable bonds is 8. The first-order chi connectivity index (χ1) is 9.80. The summed E-state index contributed by atoms with van der Waals surface area (Å²) >= 11 is 0. The van der Waals surface area contributed by atoms with Gasteiger partial charge in [-0.05, 0) is 26.7 Å². The predicted molar refractivity (Wildman–Crippen MR) is 65.3 cm³/mol. The normalized spacial score (nSPS) is 13.3. The molecular formula is C13H20O4. The summed E-state index contributed by atoms with van der Waals surface area (Å²) in [5.74, 6) is -1.70. The summed E-state index contributed by atoms with van der Waals surface area (Å²) in [5, 5.41) is 0. The van der Waals surface area contributed by atoms with Crippen LogP contribution < -0.4 is 0 Å². The Balaban J connectivity index is 5.67. The van der Waals surface area contributed by atoms with Gasteiger partial charge in [-0.2, -0.15) is 0 Å². The fourth-order valence-corrected chi connectivity index (χ4v) is 1.39. The molecule has 4 heteroatoms. The molecule has 0 aromatic carbocycles. The van der Waals surface area contributed by atoms with Crippen LogP contribution in [-0.2, 0) is 19.1 Å². The predicted octanol–water partition coefficient (Wildman–Crippen LogP) is 2.25. The molecule has 17 heavy (non-hydrogen) atoms. The van der Waals surface area contributed by atoms with Crippen molar-refractivity contribution in [1.82, 2.24) is 0 Å². The van der Waals surface area contributed by atoms with Gasteiger partial charge in [0.2, 0.25) is 0 Å². The molecule has 0 aliphatic rings. The number of esters is 2. The van der Waals surface area contributed by atoms with E-state index in [1.807, 2.05) is 0 Å². The van der Waals surface area contributed by atoms with Crippen LogP contribution >= 0.6 is 0 Å². The Morgan fingerprint density at radius 3 is 1.82 bits per heavy atom. The van der Waals surface area contributed by atoms with Crippen LogP contribution in [0.2, 0.25) is 0 Å². The van der Waals surface area contributed by atoms with Crippen molar-refractivity contribution in [2.24, 2.45) is 5.41 Å². The van der Waals surface area contributed by atoms with E-state index in [4.69, 9.17) is 15.0 Å². The first-order valence-corrected chi connectivity index (χ1v) is 5.41. The molecule has 0 N–H and O–H groups in total. The summed E-state index contributed by atoms with van der Waals surface area (Å²) in [5.41, 5.74) is -1.77. The largest absolute Gasteiger partial charge is 0.465 e. The molecule has 0 unspecified atom stereocenters. The van der Waals surface area contributed by atoms with Crippen LogP contribution in [0.4, 0.5) is 0 Å². The number of hydrogen-bond acceptors (Lipinski definition) is 4. The molecule has 0 atom stereocenters. The van der Waals surface area contributed by atoms with Crippen LogP contribution in [-0.4, -0.2) is 25.2 Å². The zero-order chi connectivity index (χ0) is 16.5. The molecule has 4 nitrogen and oxygen atoms in total. The minimum atomic E-state index is -1.77. The molecule has 0 spiro atoms. The lowest BCUT2D eigenvalue weighted by atomic mass is 9.81. The van der Waals surface area contributed by atoms with Gasteiger partial charge in [-0.1, -0.05) is 12.2 Å². The van der Waals surface area contributed by atoms with Crippen molar-refractivity contribution in [1.29, 1.82) is 0 Å². The van der Waals surface area contributed by atoms with Crippen molar-refractivity contribution < 1.29 is 24.5 Å². The fraction of sp³-hybridized carbons (Fsp3) is 0.538. The van der Waals surface area contributed by atoms with Gasteiger partial charge in [0.15, 0.2) is 5.41 Å². The van der Waals surface area contributed by atoms with Crippen molar-refractivity contribution in [3.63, 3.8) is 0 Å². The van der Waals surface area contributed by atoms with Crippen LogP contribution in [0.15, 0.2) is 25.2 Å². The fourth-order valence-electron chi connectivity index (χ4n) is 1.39. The van der Waals surface area contributed by atoms with Gasteiger partial charge < -0.3 is 9.47 Å². The number of ether oxygens (including phenoxy) is 2. The molecule has 0 fully saturated rings. The SMILES string of the molecule is [2H]C([2H])=CCC(CC=C([2H])[2H])(C(=O)OCC)C(=O)OCC. The first-order valence-electron chi connectivity index (χ1n) is 7.41. The van der Waals surface area contributed by atoms with Gasteiger partial charge in [-0.25, -0.2) is 0 Å². The quantitative estimate of drug-likeness (QED) is 0.373. The molecular weight excluding hydrogens is 220 g/mol. The lowest BCUT2D eigenvalue weighted by molar-refractivity contribution is -0.171. The maximum atomic E-state index is 12.2. The number of carbonyl (C=O) groups excluding carboxylic acids is 2. The molecule has 0 bridgehead atoms. The Kier molecular flexibility index (Phi) is 4.25. The summed E-state index contributed by atoms with van der Waals surface area (Å²) in [6.07, 6.45) is 1.68. The Bertz CT molecular complexity index is 384. The molecule has 0 aliphatic carbocycles. The molecule has 0 aliphatic heterocycles.